The summed E-state index contributed by atoms with van der Waals surface area (Å²) in [4.78, 5) is 12.2. The van der Waals surface area contributed by atoms with E-state index in [9.17, 15) is 4.79 Å². The summed E-state index contributed by atoms with van der Waals surface area (Å²) < 4.78 is 1.63. The Bertz CT molecular complexity index is 667. The van der Waals surface area contributed by atoms with Crippen LogP contribution in [0, 0.1) is 12.8 Å². The van der Waals surface area contributed by atoms with Crippen LogP contribution in [0.1, 0.15) is 35.3 Å². The molecule has 1 aliphatic rings. The molecular weight excluding hydrogens is 326 g/mol. The summed E-state index contributed by atoms with van der Waals surface area (Å²) in [6.45, 7) is 4.88. The predicted octanol–water partition coefficient (Wildman–Crippen LogP) is 2.12. The largest absolute Gasteiger partial charge is 0.351 e. The summed E-state index contributed by atoms with van der Waals surface area (Å²) in [6.07, 6.45) is 5.15. The molecule has 2 heterocycles. The Kier molecular flexibility index (Phi) is 6.75. The van der Waals surface area contributed by atoms with E-state index in [-0.39, 0.29) is 18.3 Å². The van der Waals surface area contributed by atoms with Crippen LogP contribution in [-0.4, -0.2) is 40.5 Å². The van der Waals surface area contributed by atoms with E-state index in [0.29, 0.717) is 18.2 Å². The van der Waals surface area contributed by atoms with E-state index in [1.54, 1.807) is 10.9 Å². The molecule has 1 saturated heterocycles. The van der Waals surface area contributed by atoms with E-state index in [0.717, 1.165) is 30.8 Å². The summed E-state index contributed by atoms with van der Waals surface area (Å²) in [6, 6.07) is 7.93. The zero-order valence-corrected chi connectivity index (χ0v) is 14.7. The van der Waals surface area contributed by atoms with Gasteiger partial charge in [0.05, 0.1) is 11.9 Å². The average Bonchev–Trinajstić information content (AvgIpc) is 3.06. The highest BCUT2D eigenvalue weighted by atomic mass is 35.5. The molecule has 1 fully saturated rings. The molecule has 3 rings (SSSR count). The number of aromatic nitrogens is 3. The van der Waals surface area contributed by atoms with Gasteiger partial charge in [0.2, 0.25) is 0 Å². The Balaban J connectivity index is 0.00000208. The first-order valence-corrected chi connectivity index (χ1v) is 8.20. The van der Waals surface area contributed by atoms with E-state index in [2.05, 4.69) is 20.9 Å². The Morgan fingerprint density at radius 1 is 1.46 bits per heavy atom. The predicted molar refractivity (Wildman–Crippen MR) is 95.9 cm³/mol. The number of piperidine rings is 1. The number of rotatable bonds is 5. The second-order valence-corrected chi connectivity index (χ2v) is 6.14. The zero-order valence-electron chi connectivity index (χ0n) is 13.9. The van der Waals surface area contributed by atoms with Crippen LogP contribution in [0.15, 0.2) is 30.5 Å². The first kappa shape index (κ1) is 18.4. The number of halogens is 1. The fraction of sp³-hybridized carbons (Fsp3) is 0.471. The summed E-state index contributed by atoms with van der Waals surface area (Å²) in [5.74, 6) is 0.500. The minimum absolute atomic E-state index is 0. The van der Waals surface area contributed by atoms with Crippen LogP contribution < -0.4 is 10.6 Å². The Morgan fingerprint density at radius 2 is 2.33 bits per heavy atom. The van der Waals surface area contributed by atoms with Gasteiger partial charge < -0.3 is 10.6 Å². The maximum absolute atomic E-state index is 12.2. The van der Waals surface area contributed by atoms with E-state index in [1.807, 2.05) is 31.2 Å². The number of aryl methyl sites for hydroxylation is 1. The van der Waals surface area contributed by atoms with Crippen LogP contribution in [0.5, 0.6) is 0 Å². The molecule has 0 spiro atoms. The van der Waals surface area contributed by atoms with Gasteiger partial charge in [-0.1, -0.05) is 17.3 Å². The second-order valence-electron chi connectivity index (χ2n) is 6.14. The molecule has 1 unspecified atom stereocenters. The molecule has 1 atom stereocenters. The highest BCUT2D eigenvalue weighted by molar-refractivity contribution is 5.91. The quantitative estimate of drug-likeness (QED) is 0.867. The van der Waals surface area contributed by atoms with Crippen LogP contribution >= 0.6 is 12.4 Å². The molecule has 24 heavy (non-hydrogen) atoms. The maximum atomic E-state index is 12.2. The van der Waals surface area contributed by atoms with Gasteiger partial charge >= 0.3 is 0 Å². The van der Waals surface area contributed by atoms with E-state index in [1.165, 1.54) is 12.8 Å². The van der Waals surface area contributed by atoms with Crippen molar-refractivity contribution in [2.45, 2.75) is 26.2 Å². The lowest BCUT2D eigenvalue weighted by atomic mass is 9.96. The second kappa shape index (κ2) is 8.80. The van der Waals surface area contributed by atoms with Crippen molar-refractivity contribution in [1.29, 1.82) is 0 Å². The van der Waals surface area contributed by atoms with Gasteiger partial charge in [-0.15, -0.1) is 17.5 Å². The number of hydrogen-bond acceptors (Lipinski definition) is 4. The first-order chi connectivity index (χ1) is 11.2. The normalized spacial score (nSPS) is 17.1. The van der Waals surface area contributed by atoms with Crippen LogP contribution in [-0.2, 0) is 0 Å². The van der Waals surface area contributed by atoms with Gasteiger partial charge in [-0.2, -0.15) is 0 Å². The number of carbonyl (C=O) groups is 1. The molecule has 1 aromatic heterocycles. The van der Waals surface area contributed by atoms with Crippen LogP contribution in [0.3, 0.4) is 0 Å². The van der Waals surface area contributed by atoms with E-state index >= 15 is 0 Å². The van der Waals surface area contributed by atoms with Crippen LogP contribution in [0.2, 0.25) is 0 Å². The van der Waals surface area contributed by atoms with Crippen molar-refractivity contribution in [2.24, 2.45) is 5.92 Å². The monoisotopic (exact) mass is 349 g/mol. The molecule has 0 radical (unpaired) electrons. The number of amides is 1. The summed E-state index contributed by atoms with van der Waals surface area (Å²) in [5, 5.41) is 14.4. The SMILES string of the molecule is Cc1cccc(-n2cc(C(=O)NCCC3CCCNC3)nn2)c1.Cl. The molecule has 1 amide bonds. The Morgan fingerprint density at radius 3 is 3.08 bits per heavy atom. The van der Waals surface area contributed by atoms with E-state index < -0.39 is 0 Å². The molecule has 1 aromatic carbocycles. The summed E-state index contributed by atoms with van der Waals surface area (Å²) >= 11 is 0. The molecule has 7 heteroatoms. The zero-order chi connectivity index (χ0) is 16.1. The lowest BCUT2D eigenvalue weighted by Gasteiger charge is -2.22. The van der Waals surface area contributed by atoms with Crippen molar-refractivity contribution >= 4 is 18.3 Å². The van der Waals surface area contributed by atoms with Crippen LogP contribution in [0.25, 0.3) is 5.69 Å². The standard InChI is InChI=1S/C17H23N5O.ClH/c1-13-4-2-6-15(10-13)22-12-16(20-21-22)17(23)19-9-7-14-5-3-8-18-11-14;/h2,4,6,10,12,14,18H,3,5,7-9,11H2,1H3,(H,19,23);1H. The molecule has 130 valence electrons. The Hall–Kier alpha value is -1.92. The molecule has 1 aliphatic heterocycles. The third kappa shape index (κ3) is 4.79. The topological polar surface area (TPSA) is 71.8 Å². The van der Waals surface area contributed by atoms with Gasteiger partial charge in [0.1, 0.15) is 0 Å². The van der Waals surface area contributed by atoms with E-state index in [4.69, 9.17) is 0 Å². The van der Waals surface area contributed by atoms with Gasteiger partial charge in [0.25, 0.3) is 5.91 Å². The molecular formula is C17H24ClN5O. The molecule has 2 N–H and O–H groups in total. The highest BCUT2D eigenvalue weighted by Gasteiger charge is 2.15. The molecule has 0 saturated carbocycles. The first-order valence-electron chi connectivity index (χ1n) is 8.20. The number of nitrogens with zero attached hydrogens (tertiary/aromatic N) is 3. The average molecular weight is 350 g/mol. The van der Waals surface area contributed by atoms with Gasteiger partial charge in [0.15, 0.2) is 5.69 Å². The lowest BCUT2D eigenvalue weighted by molar-refractivity contribution is 0.0945. The fourth-order valence-electron chi connectivity index (χ4n) is 2.92. The molecule has 2 aromatic rings. The minimum Gasteiger partial charge on any atom is -0.351 e. The number of benzene rings is 1. The van der Waals surface area contributed by atoms with Gasteiger partial charge in [0, 0.05) is 6.54 Å². The highest BCUT2D eigenvalue weighted by Crippen LogP contribution is 2.13. The van der Waals surface area contributed by atoms with Gasteiger partial charge in [-0.05, 0) is 62.9 Å². The minimum atomic E-state index is -0.160. The Labute approximate surface area is 148 Å². The van der Waals surface area contributed by atoms with Gasteiger partial charge in [-0.25, -0.2) is 4.68 Å². The van der Waals surface area contributed by atoms with Crippen molar-refractivity contribution in [3.8, 4) is 5.69 Å². The number of hydrogen-bond donors (Lipinski definition) is 2. The van der Waals surface area contributed by atoms with Gasteiger partial charge in [-0.3, -0.25) is 4.79 Å². The van der Waals surface area contributed by atoms with Crippen molar-refractivity contribution in [3.05, 3.63) is 41.7 Å². The summed E-state index contributed by atoms with van der Waals surface area (Å²) in [5.41, 5.74) is 2.41. The van der Waals surface area contributed by atoms with Crippen molar-refractivity contribution in [3.63, 3.8) is 0 Å². The molecule has 6 nitrogen and oxygen atoms in total. The maximum Gasteiger partial charge on any atom is 0.273 e. The lowest BCUT2D eigenvalue weighted by Crippen LogP contribution is -2.33. The number of carbonyl (C=O) groups excluding carboxylic acids is 1. The number of nitrogens with one attached hydrogen (secondary N) is 2. The van der Waals surface area contributed by atoms with Crippen molar-refractivity contribution < 1.29 is 4.79 Å². The van der Waals surface area contributed by atoms with Crippen molar-refractivity contribution in [1.82, 2.24) is 25.6 Å². The third-order valence-electron chi connectivity index (χ3n) is 4.23. The third-order valence-corrected chi connectivity index (χ3v) is 4.23. The fourth-order valence-corrected chi connectivity index (χ4v) is 2.92. The molecule has 0 aliphatic carbocycles. The smallest absolute Gasteiger partial charge is 0.273 e. The molecule has 0 bridgehead atoms. The van der Waals surface area contributed by atoms with Crippen LogP contribution in [0.4, 0.5) is 0 Å². The summed E-state index contributed by atoms with van der Waals surface area (Å²) in [7, 11) is 0. The van der Waals surface area contributed by atoms with Crippen molar-refractivity contribution in [2.75, 3.05) is 19.6 Å².